The lowest BCUT2D eigenvalue weighted by atomic mass is 9.77. The van der Waals surface area contributed by atoms with Gasteiger partial charge in [0, 0.05) is 5.39 Å². The summed E-state index contributed by atoms with van der Waals surface area (Å²) in [6, 6.07) is 8.49. The molecule has 0 amide bonds. The van der Waals surface area contributed by atoms with Crippen molar-refractivity contribution in [2.24, 2.45) is 17.2 Å². The van der Waals surface area contributed by atoms with Crippen molar-refractivity contribution in [1.29, 1.82) is 0 Å². The van der Waals surface area contributed by atoms with E-state index >= 15 is 0 Å². The zero-order valence-corrected chi connectivity index (χ0v) is 12.6. The predicted molar refractivity (Wildman–Crippen MR) is 82.1 cm³/mol. The molecule has 1 aliphatic carbocycles. The third-order valence-electron chi connectivity index (χ3n) is 4.99. The Hall–Kier alpha value is -1.32. The number of hydrogen-bond donors (Lipinski definition) is 2. The number of fused-ring (bicyclic) bond motifs is 1. The number of aryl methyl sites for hydroxylation is 1. The molecule has 1 aromatic carbocycles. The maximum Gasteiger partial charge on any atom is 0.137 e. The van der Waals surface area contributed by atoms with Crippen LogP contribution in [0.5, 0.6) is 0 Å². The highest BCUT2D eigenvalue weighted by Gasteiger charge is 2.41. The van der Waals surface area contributed by atoms with Gasteiger partial charge in [0.25, 0.3) is 0 Å². The van der Waals surface area contributed by atoms with Crippen molar-refractivity contribution in [1.82, 2.24) is 5.43 Å². The second-order valence-electron chi connectivity index (χ2n) is 6.77. The Morgan fingerprint density at radius 3 is 2.80 bits per heavy atom. The van der Waals surface area contributed by atoms with Gasteiger partial charge >= 0.3 is 0 Å². The standard InChI is InChI=1S/C17H24N2O/c1-11-6-4-7-12-10-14(20-16(11)12)15(19-18)13-8-5-9-17(13,2)3/h4,6-7,10,13,15,19H,5,8-9,18H2,1-3H3. The number of hydrogen-bond acceptors (Lipinski definition) is 3. The van der Waals surface area contributed by atoms with Gasteiger partial charge in [0.1, 0.15) is 11.3 Å². The summed E-state index contributed by atoms with van der Waals surface area (Å²) in [6.45, 7) is 6.76. The van der Waals surface area contributed by atoms with Gasteiger partial charge < -0.3 is 4.42 Å². The van der Waals surface area contributed by atoms with Gasteiger partial charge in [-0.2, -0.15) is 0 Å². The van der Waals surface area contributed by atoms with E-state index in [1.165, 1.54) is 24.8 Å². The number of rotatable bonds is 3. The first-order chi connectivity index (χ1) is 9.53. The zero-order chi connectivity index (χ0) is 14.3. The van der Waals surface area contributed by atoms with Crippen LogP contribution in [0.15, 0.2) is 28.7 Å². The minimum Gasteiger partial charge on any atom is -0.459 e. The molecule has 0 spiro atoms. The minimum atomic E-state index is 0.0966. The van der Waals surface area contributed by atoms with Gasteiger partial charge in [-0.1, -0.05) is 38.5 Å². The molecule has 0 aliphatic heterocycles. The summed E-state index contributed by atoms with van der Waals surface area (Å²) in [5.74, 6) is 7.35. The average molecular weight is 272 g/mol. The normalized spacial score (nSPS) is 23.3. The lowest BCUT2D eigenvalue weighted by Gasteiger charge is -2.32. The molecular formula is C17H24N2O. The van der Waals surface area contributed by atoms with Gasteiger partial charge in [-0.3, -0.25) is 5.84 Å². The quantitative estimate of drug-likeness (QED) is 0.654. The van der Waals surface area contributed by atoms with Crippen molar-refractivity contribution in [2.75, 3.05) is 0 Å². The third-order valence-corrected chi connectivity index (χ3v) is 4.99. The second-order valence-corrected chi connectivity index (χ2v) is 6.77. The largest absolute Gasteiger partial charge is 0.459 e. The molecule has 1 fully saturated rings. The molecule has 2 aromatic rings. The molecule has 20 heavy (non-hydrogen) atoms. The number of nitrogens with two attached hydrogens (primary N) is 1. The smallest absolute Gasteiger partial charge is 0.137 e. The first kappa shape index (κ1) is 13.7. The van der Waals surface area contributed by atoms with Crippen LogP contribution in [0.1, 0.15) is 50.5 Å². The molecule has 2 atom stereocenters. The van der Waals surface area contributed by atoms with Gasteiger partial charge in [-0.25, -0.2) is 5.43 Å². The maximum absolute atomic E-state index is 6.12. The fourth-order valence-electron chi connectivity index (χ4n) is 3.75. The minimum absolute atomic E-state index is 0.0966. The molecule has 3 heteroatoms. The average Bonchev–Trinajstić information content (AvgIpc) is 2.96. The van der Waals surface area contributed by atoms with Gasteiger partial charge in [-0.05, 0) is 42.7 Å². The highest BCUT2D eigenvalue weighted by Crippen LogP contribution is 2.49. The van der Waals surface area contributed by atoms with Crippen LogP contribution < -0.4 is 11.3 Å². The molecule has 0 saturated heterocycles. The lowest BCUT2D eigenvalue weighted by molar-refractivity contribution is 0.183. The Kier molecular flexibility index (Phi) is 3.35. The first-order valence-corrected chi connectivity index (χ1v) is 7.48. The maximum atomic E-state index is 6.12. The Morgan fingerprint density at radius 1 is 1.40 bits per heavy atom. The summed E-state index contributed by atoms with van der Waals surface area (Å²) in [5.41, 5.74) is 5.47. The van der Waals surface area contributed by atoms with E-state index in [1.807, 2.05) is 0 Å². The number of hydrazine groups is 1. The van der Waals surface area contributed by atoms with E-state index in [9.17, 15) is 0 Å². The molecule has 2 unspecified atom stereocenters. The predicted octanol–water partition coefficient (Wildman–Crippen LogP) is 4.07. The summed E-state index contributed by atoms with van der Waals surface area (Å²) in [6.07, 6.45) is 3.74. The summed E-state index contributed by atoms with van der Waals surface area (Å²) in [5, 5.41) is 1.16. The highest BCUT2D eigenvalue weighted by molar-refractivity contribution is 5.81. The van der Waals surface area contributed by atoms with E-state index in [4.69, 9.17) is 10.3 Å². The van der Waals surface area contributed by atoms with Crippen molar-refractivity contribution in [2.45, 2.75) is 46.1 Å². The monoisotopic (exact) mass is 272 g/mol. The first-order valence-electron chi connectivity index (χ1n) is 7.48. The molecule has 3 rings (SSSR count). The fourth-order valence-corrected chi connectivity index (χ4v) is 3.75. The molecule has 3 nitrogen and oxygen atoms in total. The van der Waals surface area contributed by atoms with E-state index < -0.39 is 0 Å². The highest BCUT2D eigenvalue weighted by atomic mass is 16.3. The van der Waals surface area contributed by atoms with Crippen molar-refractivity contribution < 1.29 is 4.42 Å². The van der Waals surface area contributed by atoms with Gasteiger partial charge in [0.2, 0.25) is 0 Å². The molecule has 1 aliphatic rings. The van der Waals surface area contributed by atoms with Crippen LogP contribution in [0.2, 0.25) is 0 Å². The SMILES string of the molecule is Cc1cccc2cc(C(NN)C3CCCC3(C)C)oc12. The molecular weight excluding hydrogens is 248 g/mol. The van der Waals surface area contributed by atoms with E-state index in [0.29, 0.717) is 11.3 Å². The Labute approximate surface area is 120 Å². The van der Waals surface area contributed by atoms with Crippen molar-refractivity contribution >= 4 is 11.0 Å². The summed E-state index contributed by atoms with van der Waals surface area (Å²) >= 11 is 0. The zero-order valence-electron chi connectivity index (χ0n) is 12.6. The number of para-hydroxylation sites is 1. The van der Waals surface area contributed by atoms with Gasteiger partial charge in [-0.15, -0.1) is 0 Å². The number of nitrogens with one attached hydrogen (secondary N) is 1. The fraction of sp³-hybridized carbons (Fsp3) is 0.529. The van der Waals surface area contributed by atoms with Gasteiger partial charge in [0.15, 0.2) is 0 Å². The molecule has 108 valence electrons. The van der Waals surface area contributed by atoms with E-state index in [2.05, 4.69) is 50.5 Å². The van der Waals surface area contributed by atoms with Crippen LogP contribution in [0.3, 0.4) is 0 Å². The summed E-state index contributed by atoms with van der Waals surface area (Å²) in [7, 11) is 0. The molecule has 1 saturated carbocycles. The topological polar surface area (TPSA) is 51.2 Å². The summed E-state index contributed by atoms with van der Waals surface area (Å²) in [4.78, 5) is 0. The van der Waals surface area contributed by atoms with E-state index in [0.717, 1.165) is 16.7 Å². The van der Waals surface area contributed by atoms with Crippen molar-refractivity contribution in [3.05, 3.63) is 35.6 Å². The Morgan fingerprint density at radius 2 is 2.20 bits per heavy atom. The van der Waals surface area contributed by atoms with Crippen LogP contribution >= 0.6 is 0 Å². The van der Waals surface area contributed by atoms with Crippen LogP contribution in [0.25, 0.3) is 11.0 Å². The second kappa shape index (κ2) is 4.90. The van der Waals surface area contributed by atoms with Crippen LogP contribution in [0.4, 0.5) is 0 Å². The number of furan rings is 1. The van der Waals surface area contributed by atoms with Crippen LogP contribution in [-0.4, -0.2) is 0 Å². The van der Waals surface area contributed by atoms with Crippen LogP contribution in [0, 0.1) is 18.3 Å². The van der Waals surface area contributed by atoms with Crippen molar-refractivity contribution in [3.63, 3.8) is 0 Å². The molecule has 1 aromatic heterocycles. The Balaban J connectivity index is 2.01. The van der Waals surface area contributed by atoms with Crippen molar-refractivity contribution in [3.8, 4) is 0 Å². The van der Waals surface area contributed by atoms with E-state index in [1.54, 1.807) is 0 Å². The Bertz CT molecular complexity index is 614. The molecule has 0 radical (unpaired) electrons. The van der Waals surface area contributed by atoms with Crippen LogP contribution in [-0.2, 0) is 0 Å². The number of benzene rings is 1. The molecule has 0 bridgehead atoms. The van der Waals surface area contributed by atoms with E-state index in [-0.39, 0.29) is 6.04 Å². The van der Waals surface area contributed by atoms with Gasteiger partial charge in [0.05, 0.1) is 6.04 Å². The third kappa shape index (κ3) is 2.15. The molecule has 3 N–H and O–H groups in total. The lowest BCUT2D eigenvalue weighted by Crippen LogP contribution is -2.37. The summed E-state index contributed by atoms with van der Waals surface area (Å²) < 4.78 is 6.12. The molecule has 1 heterocycles.